The molecule has 3 aromatic heterocycles. The Balaban J connectivity index is 1.30. The van der Waals surface area contributed by atoms with Gasteiger partial charge in [0.2, 0.25) is 11.9 Å². The molecule has 0 saturated carbocycles. The summed E-state index contributed by atoms with van der Waals surface area (Å²) in [5, 5.41) is 12.4. The molecular weight excluding hydrogens is 466 g/mol. The van der Waals surface area contributed by atoms with E-state index in [9.17, 15) is 9.59 Å². The van der Waals surface area contributed by atoms with E-state index in [1.807, 2.05) is 24.4 Å². The molecule has 11 nitrogen and oxygen atoms in total. The van der Waals surface area contributed by atoms with E-state index in [1.165, 1.54) is 11.3 Å². The number of anilines is 2. The second-order valence-corrected chi connectivity index (χ2v) is 10.9. The molecule has 2 aliphatic rings. The number of nitrogens with zero attached hydrogens (tertiary/aromatic N) is 6. The molecule has 0 unspecified atom stereocenters. The number of nitrogens with two attached hydrogens (primary N) is 1. The fourth-order valence-electron chi connectivity index (χ4n) is 4.93. The normalized spacial score (nSPS) is 18.4. The number of aromatic nitrogens is 5. The minimum Gasteiger partial charge on any atom is -0.368 e. The van der Waals surface area contributed by atoms with E-state index in [0.29, 0.717) is 40.4 Å². The van der Waals surface area contributed by atoms with Crippen molar-refractivity contribution in [3.63, 3.8) is 0 Å². The Bertz CT molecular complexity index is 1300. The highest BCUT2D eigenvalue weighted by Gasteiger charge is 2.38. The Morgan fingerprint density at radius 1 is 1.34 bits per heavy atom. The van der Waals surface area contributed by atoms with Gasteiger partial charge in [0.25, 0.3) is 5.91 Å². The lowest BCUT2D eigenvalue weighted by Gasteiger charge is -2.31. The van der Waals surface area contributed by atoms with Gasteiger partial charge in [0.1, 0.15) is 0 Å². The number of likely N-dealkylation sites (tertiary alicyclic amines) is 1. The van der Waals surface area contributed by atoms with E-state index in [-0.39, 0.29) is 29.6 Å². The molecule has 0 aromatic carbocycles. The Morgan fingerprint density at radius 2 is 2.14 bits per heavy atom. The summed E-state index contributed by atoms with van der Waals surface area (Å²) in [4.78, 5) is 42.9. The van der Waals surface area contributed by atoms with Crippen LogP contribution in [-0.2, 0) is 23.1 Å². The number of hydrogen-bond acceptors (Lipinski definition) is 9. The van der Waals surface area contributed by atoms with Gasteiger partial charge in [-0.2, -0.15) is 5.10 Å². The fourth-order valence-corrected chi connectivity index (χ4v) is 5.63. The molecule has 4 heterocycles. The van der Waals surface area contributed by atoms with Crippen LogP contribution >= 0.6 is 11.3 Å². The lowest BCUT2D eigenvalue weighted by Crippen LogP contribution is -2.35. The van der Waals surface area contributed by atoms with Gasteiger partial charge >= 0.3 is 0 Å². The maximum Gasteiger partial charge on any atom is 0.278 e. The van der Waals surface area contributed by atoms with Crippen molar-refractivity contribution in [3.8, 4) is 11.4 Å². The first-order chi connectivity index (χ1) is 16.6. The van der Waals surface area contributed by atoms with Crippen LogP contribution in [0.25, 0.3) is 11.4 Å². The number of hydrogen-bond donors (Lipinski definition) is 3. The van der Waals surface area contributed by atoms with E-state index >= 15 is 0 Å². The summed E-state index contributed by atoms with van der Waals surface area (Å²) in [6.07, 6.45) is 3.58. The van der Waals surface area contributed by atoms with Crippen molar-refractivity contribution < 1.29 is 9.59 Å². The van der Waals surface area contributed by atoms with Crippen molar-refractivity contribution >= 4 is 34.2 Å². The standard InChI is InChI=1S/C23H29N9O2S/c1-23(2)8-12-9-25-21(24)27-17(12)18-16(23)19(30-29-18)20(34)28-22-26-13(11-35-22)7-15(33)32-6-5-14(10-32)31(3)4/h9,11,14H,5-8,10H2,1-4H3,(H,29,30)(H2,24,25,27)(H,26,28,34)/t14-/m0/s1. The molecule has 0 radical (unpaired) electrons. The highest BCUT2D eigenvalue weighted by molar-refractivity contribution is 7.14. The monoisotopic (exact) mass is 495 g/mol. The maximum absolute atomic E-state index is 13.2. The number of aromatic amines is 1. The largest absolute Gasteiger partial charge is 0.368 e. The number of carbonyl (C=O) groups excluding carboxylic acids is 2. The summed E-state index contributed by atoms with van der Waals surface area (Å²) in [5.41, 5.74) is 9.49. The second kappa shape index (κ2) is 8.68. The zero-order valence-corrected chi connectivity index (χ0v) is 21.1. The smallest absolute Gasteiger partial charge is 0.278 e. The minimum atomic E-state index is -0.360. The van der Waals surface area contributed by atoms with Crippen LogP contribution in [0.1, 0.15) is 47.6 Å². The minimum absolute atomic E-state index is 0.0561. The van der Waals surface area contributed by atoms with E-state index in [1.54, 1.807) is 6.20 Å². The number of nitrogens with one attached hydrogen (secondary N) is 2. The molecule has 1 fully saturated rings. The quantitative estimate of drug-likeness (QED) is 0.485. The summed E-state index contributed by atoms with van der Waals surface area (Å²) in [7, 11) is 4.07. The van der Waals surface area contributed by atoms with Crippen LogP contribution in [0.2, 0.25) is 0 Å². The topological polar surface area (TPSA) is 146 Å². The van der Waals surface area contributed by atoms with Crippen molar-refractivity contribution in [1.29, 1.82) is 0 Å². The third-order valence-electron chi connectivity index (χ3n) is 6.76. The van der Waals surface area contributed by atoms with Crippen molar-refractivity contribution in [1.82, 2.24) is 34.9 Å². The first kappa shape index (κ1) is 23.4. The van der Waals surface area contributed by atoms with Gasteiger partial charge < -0.3 is 15.5 Å². The number of nitrogen functional groups attached to an aromatic ring is 1. The Hall–Kier alpha value is -3.38. The first-order valence-electron chi connectivity index (χ1n) is 11.5. The van der Waals surface area contributed by atoms with Gasteiger partial charge in [-0.05, 0) is 37.9 Å². The molecule has 3 aromatic rings. The summed E-state index contributed by atoms with van der Waals surface area (Å²) < 4.78 is 0. The highest BCUT2D eigenvalue weighted by Crippen LogP contribution is 2.42. The molecule has 0 spiro atoms. The molecular formula is C23H29N9O2S. The summed E-state index contributed by atoms with van der Waals surface area (Å²) in [6, 6.07) is 0.392. The fraction of sp³-hybridized carbons (Fsp3) is 0.478. The van der Waals surface area contributed by atoms with Crippen LogP contribution in [0.3, 0.4) is 0 Å². The van der Waals surface area contributed by atoms with Gasteiger partial charge in [0.05, 0.1) is 23.5 Å². The third kappa shape index (κ3) is 4.39. The van der Waals surface area contributed by atoms with E-state index in [4.69, 9.17) is 5.73 Å². The van der Waals surface area contributed by atoms with Crippen molar-refractivity contribution in [2.45, 2.75) is 44.6 Å². The number of carbonyl (C=O) groups is 2. The Labute approximate surface area is 207 Å². The van der Waals surface area contributed by atoms with Gasteiger partial charge in [0, 0.05) is 36.3 Å². The van der Waals surface area contributed by atoms with Crippen molar-refractivity contribution in [2.24, 2.45) is 0 Å². The average molecular weight is 496 g/mol. The number of thiazole rings is 1. The maximum atomic E-state index is 13.2. The molecule has 1 aliphatic carbocycles. The second-order valence-electron chi connectivity index (χ2n) is 10.0. The predicted octanol–water partition coefficient (Wildman–Crippen LogP) is 1.70. The molecule has 2 amide bonds. The number of H-pyrrole nitrogens is 1. The molecule has 184 valence electrons. The molecule has 1 saturated heterocycles. The van der Waals surface area contributed by atoms with Gasteiger partial charge in [-0.1, -0.05) is 13.8 Å². The molecule has 35 heavy (non-hydrogen) atoms. The van der Waals surface area contributed by atoms with E-state index in [2.05, 4.69) is 49.2 Å². The van der Waals surface area contributed by atoms with Crippen LogP contribution in [0.15, 0.2) is 11.6 Å². The number of likely N-dealkylation sites (N-methyl/N-ethyl adjacent to an activating group) is 1. The summed E-state index contributed by atoms with van der Waals surface area (Å²) >= 11 is 1.30. The Kier molecular flexibility index (Phi) is 5.80. The molecule has 4 N–H and O–H groups in total. The summed E-state index contributed by atoms with van der Waals surface area (Å²) in [5.74, 6) is -0.131. The zero-order chi connectivity index (χ0) is 24.9. The predicted molar refractivity (Wildman–Crippen MR) is 133 cm³/mol. The molecule has 1 aliphatic heterocycles. The highest BCUT2D eigenvalue weighted by atomic mass is 32.1. The number of fused-ring (bicyclic) bond motifs is 3. The van der Waals surface area contributed by atoms with Crippen molar-refractivity contribution in [2.75, 3.05) is 38.2 Å². The van der Waals surface area contributed by atoms with Gasteiger partial charge in [-0.3, -0.25) is 20.0 Å². The van der Waals surface area contributed by atoms with Gasteiger partial charge in [-0.15, -0.1) is 11.3 Å². The molecule has 12 heteroatoms. The third-order valence-corrected chi connectivity index (χ3v) is 7.57. The van der Waals surface area contributed by atoms with Gasteiger partial charge in [-0.25, -0.2) is 15.0 Å². The Morgan fingerprint density at radius 3 is 2.89 bits per heavy atom. The molecule has 1 atom stereocenters. The van der Waals surface area contributed by atoms with Crippen LogP contribution in [0, 0.1) is 0 Å². The van der Waals surface area contributed by atoms with Crippen LogP contribution < -0.4 is 11.1 Å². The zero-order valence-electron chi connectivity index (χ0n) is 20.3. The lowest BCUT2D eigenvalue weighted by atomic mass is 9.73. The SMILES string of the molecule is CN(C)[C@H]1CCN(C(=O)Cc2csc(NC(=O)c3n[nH]c4c3C(C)(C)Cc3cnc(N)nc3-4)n2)C1. The van der Waals surface area contributed by atoms with Crippen LogP contribution in [0.5, 0.6) is 0 Å². The summed E-state index contributed by atoms with van der Waals surface area (Å²) in [6.45, 7) is 5.61. The van der Waals surface area contributed by atoms with E-state index in [0.717, 1.165) is 30.6 Å². The lowest BCUT2D eigenvalue weighted by molar-refractivity contribution is -0.129. The van der Waals surface area contributed by atoms with E-state index < -0.39 is 0 Å². The average Bonchev–Trinajstić information content (AvgIpc) is 3.54. The van der Waals surface area contributed by atoms with Crippen molar-refractivity contribution in [3.05, 3.63) is 34.1 Å². The number of amides is 2. The molecule has 0 bridgehead atoms. The van der Waals surface area contributed by atoms with Gasteiger partial charge in [0.15, 0.2) is 10.8 Å². The number of rotatable bonds is 5. The van der Waals surface area contributed by atoms with Crippen LogP contribution in [-0.4, -0.2) is 80.0 Å². The van der Waals surface area contributed by atoms with Crippen LogP contribution in [0.4, 0.5) is 11.1 Å². The first-order valence-corrected chi connectivity index (χ1v) is 12.4. The molecule has 5 rings (SSSR count).